The number of hydrogen-bond acceptors (Lipinski definition) is 3. The molecule has 1 aliphatic heterocycles. The lowest BCUT2D eigenvalue weighted by molar-refractivity contribution is -0.118. The number of aromatic nitrogens is 1. The molecule has 0 unspecified atom stereocenters. The Morgan fingerprint density at radius 3 is 2.47 bits per heavy atom. The summed E-state index contributed by atoms with van der Waals surface area (Å²) >= 11 is 6.12. The molecule has 5 heteroatoms. The van der Waals surface area contributed by atoms with Gasteiger partial charge in [0.25, 0.3) is 5.56 Å². The number of fused-ring (bicyclic) bond motifs is 3. The van der Waals surface area contributed by atoms with Crippen LogP contribution in [-0.2, 0) is 11.8 Å². The molecule has 0 N–H and O–H groups in total. The number of benzene rings is 2. The molecule has 3 aromatic rings. The van der Waals surface area contributed by atoms with Crippen LogP contribution in [0.1, 0.15) is 43.7 Å². The Kier molecular flexibility index (Phi) is 4.19. The molecule has 1 aliphatic carbocycles. The van der Waals surface area contributed by atoms with Crippen molar-refractivity contribution in [1.29, 1.82) is 0 Å². The van der Waals surface area contributed by atoms with Crippen molar-refractivity contribution in [1.82, 2.24) is 4.57 Å². The Labute approximate surface area is 179 Å². The van der Waals surface area contributed by atoms with E-state index in [4.69, 9.17) is 16.3 Å². The van der Waals surface area contributed by atoms with E-state index < -0.39 is 5.92 Å². The Bertz CT molecular complexity index is 1300. The maximum atomic E-state index is 13.5. The number of pyridine rings is 1. The van der Waals surface area contributed by atoms with Gasteiger partial charge >= 0.3 is 0 Å². The second kappa shape index (κ2) is 6.58. The van der Waals surface area contributed by atoms with Gasteiger partial charge in [0.1, 0.15) is 11.5 Å². The Hall–Kier alpha value is -2.85. The van der Waals surface area contributed by atoms with Crippen molar-refractivity contribution in [3.63, 3.8) is 0 Å². The van der Waals surface area contributed by atoms with Gasteiger partial charge in [0, 0.05) is 35.9 Å². The SMILES string of the molecule is Cn1c(=O)c2c(c3ccccc31)OC1=C(C(=O)CC(C)(C)C1)[C@@H]2c1ccc(Cl)cc1. The van der Waals surface area contributed by atoms with Crippen LogP contribution < -0.4 is 10.3 Å². The number of para-hydroxylation sites is 1. The van der Waals surface area contributed by atoms with Crippen LogP contribution in [0, 0.1) is 5.41 Å². The van der Waals surface area contributed by atoms with Crippen LogP contribution in [0.15, 0.2) is 64.7 Å². The zero-order chi connectivity index (χ0) is 21.2. The zero-order valence-electron chi connectivity index (χ0n) is 17.2. The largest absolute Gasteiger partial charge is 0.460 e. The minimum absolute atomic E-state index is 0.0436. The van der Waals surface area contributed by atoms with Gasteiger partial charge < -0.3 is 9.30 Å². The van der Waals surface area contributed by atoms with Crippen LogP contribution in [0.5, 0.6) is 5.75 Å². The summed E-state index contributed by atoms with van der Waals surface area (Å²) in [6.07, 6.45) is 1.09. The predicted octanol–water partition coefficient (Wildman–Crippen LogP) is 5.36. The predicted molar refractivity (Wildman–Crippen MR) is 118 cm³/mol. The van der Waals surface area contributed by atoms with E-state index >= 15 is 0 Å². The van der Waals surface area contributed by atoms with E-state index in [1.807, 2.05) is 36.4 Å². The number of rotatable bonds is 1. The number of ketones is 1. The third-order valence-corrected chi connectivity index (χ3v) is 6.43. The Morgan fingerprint density at radius 1 is 1.03 bits per heavy atom. The van der Waals surface area contributed by atoms with E-state index in [0.29, 0.717) is 40.5 Å². The molecule has 2 aliphatic rings. The molecule has 0 saturated heterocycles. The summed E-state index contributed by atoms with van der Waals surface area (Å²) in [5.41, 5.74) is 2.47. The van der Waals surface area contributed by atoms with Gasteiger partial charge in [-0.05, 0) is 35.2 Å². The maximum Gasteiger partial charge on any atom is 0.258 e. The maximum absolute atomic E-state index is 13.5. The minimum atomic E-state index is -0.465. The Morgan fingerprint density at radius 2 is 1.73 bits per heavy atom. The lowest BCUT2D eigenvalue weighted by Gasteiger charge is -2.38. The summed E-state index contributed by atoms with van der Waals surface area (Å²) in [7, 11) is 1.76. The van der Waals surface area contributed by atoms with Gasteiger partial charge in [0.2, 0.25) is 0 Å². The first-order chi connectivity index (χ1) is 14.3. The first kappa shape index (κ1) is 19.1. The van der Waals surface area contributed by atoms with Crippen LogP contribution >= 0.6 is 11.6 Å². The fraction of sp³-hybridized carbons (Fsp3) is 0.280. The van der Waals surface area contributed by atoms with Crippen LogP contribution in [0.25, 0.3) is 10.9 Å². The van der Waals surface area contributed by atoms with Gasteiger partial charge in [-0.15, -0.1) is 0 Å². The summed E-state index contributed by atoms with van der Waals surface area (Å²) in [5, 5.41) is 1.48. The lowest BCUT2D eigenvalue weighted by Crippen LogP contribution is -2.36. The molecule has 0 fully saturated rings. The van der Waals surface area contributed by atoms with E-state index in [-0.39, 0.29) is 16.8 Å². The number of halogens is 1. The molecular formula is C25H22ClNO3. The molecule has 2 aromatic carbocycles. The van der Waals surface area contributed by atoms with Crippen molar-refractivity contribution in [2.75, 3.05) is 0 Å². The number of carbonyl (C=O) groups excluding carboxylic acids is 1. The van der Waals surface area contributed by atoms with Crippen molar-refractivity contribution in [3.05, 3.63) is 86.4 Å². The molecule has 0 saturated carbocycles. The Balaban J connectivity index is 1.87. The van der Waals surface area contributed by atoms with Crippen molar-refractivity contribution in [2.45, 2.75) is 32.6 Å². The number of carbonyl (C=O) groups is 1. The van der Waals surface area contributed by atoms with Gasteiger partial charge in [-0.1, -0.05) is 49.7 Å². The third-order valence-electron chi connectivity index (χ3n) is 6.17. The highest BCUT2D eigenvalue weighted by Gasteiger charge is 2.44. The van der Waals surface area contributed by atoms with Gasteiger partial charge in [-0.25, -0.2) is 0 Å². The molecule has 1 atom stereocenters. The molecule has 0 amide bonds. The molecule has 30 heavy (non-hydrogen) atoms. The molecule has 4 nitrogen and oxygen atoms in total. The zero-order valence-corrected chi connectivity index (χ0v) is 17.9. The second-order valence-corrected chi connectivity index (χ2v) is 9.42. The number of hydrogen-bond donors (Lipinski definition) is 0. The fourth-order valence-electron chi connectivity index (χ4n) is 4.80. The summed E-state index contributed by atoms with van der Waals surface area (Å²) in [6.45, 7) is 4.15. The van der Waals surface area contributed by atoms with Gasteiger partial charge in [0.15, 0.2) is 5.78 Å². The standard InChI is InChI=1S/C25H22ClNO3/c1-25(2)12-18(28)21-19(13-25)30-23-16-6-4-5-7-17(16)27(3)24(29)22(23)20(21)14-8-10-15(26)11-9-14/h4-11,20H,12-13H2,1-3H3/t20-/m0/s1. The van der Waals surface area contributed by atoms with Crippen LogP contribution in [-0.4, -0.2) is 10.4 Å². The number of ether oxygens (including phenoxy) is 1. The normalized spacial score (nSPS) is 20.0. The topological polar surface area (TPSA) is 48.3 Å². The smallest absolute Gasteiger partial charge is 0.258 e. The van der Waals surface area contributed by atoms with Gasteiger partial charge in [0.05, 0.1) is 17.0 Å². The van der Waals surface area contributed by atoms with Gasteiger partial charge in [-0.3, -0.25) is 9.59 Å². The molecule has 152 valence electrons. The second-order valence-electron chi connectivity index (χ2n) is 8.99. The van der Waals surface area contributed by atoms with Crippen LogP contribution in [0.3, 0.4) is 0 Å². The number of aryl methyl sites for hydroxylation is 1. The average Bonchev–Trinajstić information content (AvgIpc) is 2.70. The van der Waals surface area contributed by atoms with Crippen molar-refractivity contribution < 1.29 is 9.53 Å². The third kappa shape index (κ3) is 2.82. The van der Waals surface area contributed by atoms with E-state index in [9.17, 15) is 9.59 Å². The molecule has 0 bridgehead atoms. The highest BCUT2D eigenvalue weighted by Crippen LogP contribution is 2.50. The van der Waals surface area contributed by atoms with Crippen molar-refractivity contribution in [3.8, 4) is 5.75 Å². The monoisotopic (exact) mass is 419 g/mol. The van der Waals surface area contributed by atoms with E-state index in [0.717, 1.165) is 16.5 Å². The lowest BCUT2D eigenvalue weighted by atomic mass is 9.70. The van der Waals surface area contributed by atoms with E-state index in [2.05, 4.69) is 13.8 Å². The first-order valence-corrected chi connectivity index (χ1v) is 10.5. The molecule has 0 spiro atoms. The van der Waals surface area contributed by atoms with Crippen molar-refractivity contribution in [2.24, 2.45) is 12.5 Å². The summed E-state index contributed by atoms with van der Waals surface area (Å²) in [6, 6.07) is 15.1. The number of nitrogens with zero attached hydrogens (tertiary/aromatic N) is 1. The van der Waals surface area contributed by atoms with E-state index in [1.165, 1.54) is 0 Å². The summed E-state index contributed by atoms with van der Waals surface area (Å²) in [4.78, 5) is 26.8. The molecule has 1 aromatic heterocycles. The minimum Gasteiger partial charge on any atom is -0.460 e. The molecule has 5 rings (SSSR count). The highest BCUT2D eigenvalue weighted by atomic mass is 35.5. The van der Waals surface area contributed by atoms with Crippen LogP contribution in [0.4, 0.5) is 0 Å². The van der Waals surface area contributed by atoms with Crippen LogP contribution in [0.2, 0.25) is 5.02 Å². The molecular weight excluding hydrogens is 398 g/mol. The number of Topliss-reactive ketones (excluding diaryl/α,β-unsaturated/α-hetero) is 1. The van der Waals surface area contributed by atoms with Gasteiger partial charge in [-0.2, -0.15) is 0 Å². The van der Waals surface area contributed by atoms with Crippen molar-refractivity contribution >= 4 is 28.3 Å². The van der Waals surface area contributed by atoms with E-state index in [1.54, 1.807) is 23.7 Å². The number of allylic oxidation sites excluding steroid dienone is 2. The average molecular weight is 420 g/mol. The summed E-state index contributed by atoms with van der Waals surface area (Å²) in [5.74, 6) is 0.829. The molecule has 0 radical (unpaired) electrons. The fourth-order valence-corrected chi connectivity index (χ4v) is 4.93. The first-order valence-electron chi connectivity index (χ1n) is 10.1. The summed E-state index contributed by atoms with van der Waals surface area (Å²) < 4.78 is 8.03. The quantitative estimate of drug-likeness (QED) is 0.533. The highest BCUT2D eigenvalue weighted by molar-refractivity contribution is 6.30. The molecule has 2 heterocycles.